The van der Waals surface area contributed by atoms with E-state index in [-0.39, 0.29) is 9.88 Å². The lowest BCUT2D eigenvalue weighted by atomic mass is 10.3. The average molecular weight is 308 g/mol. The fourth-order valence-corrected chi connectivity index (χ4v) is 2.54. The van der Waals surface area contributed by atoms with E-state index in [1.54, 1.807) is 12.1 Å². The summed E-state index contributed by atoms with van der Waals surface area (Å²) in [7, 11) is -3.71. The fourth-order valence-electron chi connectivity index (χ4n) is 1.43. The van der Waals surface area contributed by atoms with Crippen molar-refractivity contribution < 1.29 is 8.42 Å². The van der Waals surface area contributed by atoms with E-state index in [2.05, 4.69) is 14.7 Å². The Bertz CT molecular complexity index is 725. The Hall–Kier alpha value is -2.06. The van der Waals surface area contributed by atoms with Crippen molar-refractivity contribution in [1.82, 2.24) is 9.97 Å². The van der Waals surface area contributed by atoms with Gasteiger partial charge in [0.2, 0.25) is 0 Å². The van der Waals surface area contributed by atoms with Crippen LogP contribution in [0.15, 0.2) is 41.6 Å². The number of anilines is 1. The molecule has 8 heteroatoms. The molecule has 2 aromatic heterocycles. The van der Waals surface area contributed by atoms with Gasteiger partial charge >= 0.3 is 0 Å². The van der Waals surface area contributed by atoms with Crippen molar-refractivity contribution in [3.63, 3.8) is 0 Å². The van der Waals surface area contributed by atoms with Gasteiger partial charge in [0.15, 0.2) is 0 Å². The maximum Gasteiger partial charge on any atom is 0.263 e. The third-order valence-electron chi connectivity index (χ3n) is 2.46. The minimum absolute atomic E-state index is 0.0260. The zero-order valence-corrected chi connectivity index (χ0v) is 12.2. The van der Waals surface area contributed by atoms with Crippen LogP contribution in [0.1, 0.15) is 11.4 Å². The minimum atomic E-state index is -3.71. The Morgan fingerprint density at radius 3 is 2.45 bits per heavy atom. The van der Waals surface area contributed by atoms with Gasteiger partial charge in [-0.15, -0.1) is 0 Å². The highest BCUT2D eigenvalue weighted by molar-refractivity contribution is 7.92. The summed E-state index contributed by atoms with van der Waals surface area (Å²) >= 11 is 4.76. The highest BCUT2D eigenvalue weighted by Gasteiger charge is 2.15. The Morgan fingerprint density at radius 1 is 1.20 bits per heavy atom. The molecule has 0 aromatic carbocycles. The first kappa shape index (κ1) is 14.4. The molecule has 2 aromatic rings. The fraction of sp³-hybridized carbons (Fsp3) is 0.0833. The second-order valence-corrected chi connectivity index (χ2v) is 6.16. The lowest BCUT2D eigenvalue weighted by molar-refractivity contribution is 0.601. The van der Waals surface area contributed by atoms with E-state index in [1.165, 1.54) is 24.5 Å². The molecule has 0 amide bonds. The Kier molecular flexibility index (Phi) is 3.96. The lowest BCUT2D eigenvalue weighted by Crippen LogP contribution is -2.15. The van der Waals surface area contributed by atoms with Gasteiger partial charge in [0.05, 0.1) is 17.6 Å². The maximum atomic E-state index is 12.1. The monoisotopic (exact) mass is 308 g/mol. The molecule has 2 heterocycles. The molecule has 0 spiro atoms. The summed E-state index contributed by atoms with van der Waals surface area (Å²) < 4.78 is 26.7. The maximum absolute atomic E-state index is 12.1. The van der Waals surface area contributed by atoms with Gasteiger partial charge in [-0.2, -0.15) is 0 Å². The summed E-state index contributed by atoms with van der Waals surface area (Å²) in [6, 6.07) is 6.21. The van der Waals surface area contributed by atoms with Gasteiger partial charge in [0.25, 0.3) is 10.0 Å². The quantitative estimate of drug-likeness (QED) is 0.824. The van der Waals surface area contributed by atoms with E-state index in [4.69, 9.17) is 18.0 Å². The Labute approximate surface area is 122 Å². The molecule has 2 rings (SSSR count). The average Bonchev–Trinajstić information content (AvgIpc) is 2.41. The molecule has 0 saturated carbocycles. The van der Waals surface area contributed by atoms with Gasteiger partial charge in [-0.25, -0.2) is 8.42 Å². The van der Waals surface area contributed by atoms with Crippen LogP contribution in [0.25, 0.3) is 0 Å². The number of nitrogens with two attached hydrogens (primary N) is 1. The number of nitrogens with one attached hydrogen (secondary N) is 1. The van der Waals surface area contributed by atoms with E-state index in [0.29, 0.717) is 11.4 Å². The van der Waals surface area contributed by atoms with Crippen LogP contribution in [0.4, 0.5) is 5.69 Å². The number of rotatable bonds is 4. The number of aryl methyl sites for hydroxylation is 1. The number of pyridine rings is 2. The number of nitrogens with zero attached hydrogens (tertiary/aromatic N) is 2. The topological polar surface area (TPSA) is 98.0 Å². The standard InChI is InChI=1S/C12H12N4O2S2/c1-8-2-3-9(6-14-8)16-20(17,18)10-4-5-11(12(13)19)15-7-10/h2-7,16H,1H3,(H2,13,19). The Balaban J connectivity index is 2.26. The van der Waals surface area contributed by atoms with Crippen LogP contribution in [0.3, 0.4) is 0 Å². The van der Waals surface area contributed by atoms with Crippen molar-refractivity contribution in [1.29, 1.82) is 0 Å². The summed E-state index contributed by atoms with van der Waals surface area (Å²) in [6.07, 6.45) is 2.65. The highest BCUT2D eigenvalue weighted by Crippen LogP contribution is 2.14. The van der Waals surface area contributed by atoms with E-state index in [9.17, 15) is 8.42 Å². The van der Waals surface area contributed by atoms with Gasteiger partial charge < -0.3 is 5.73 Å². The van der Waals surface area contributed by atoms with Gasteiger partial charge in [0.1, 0.15) is 9.88 Å². The van der Waals surface area contributed by atoms with Crippen LogP contribution < -0.4 is 10.5 Å². The molecule has 0 aliphatic carbocycles. The zero-order valence-electron chi connectivity index (χ0n) is 10.6. The van der Waals surface area contributed by atoms with E-state index in [0.717, 1.165) is 5.69 Å². The van der Waals surface area contributed by atoms with Crippen LogP contribution in [0.5, 0.6) is 0 Å². The SMILES string of the molecule is Cc1ccc(NS(=O)(=O)c2ccc(C(N)=S)nc2)cn1. The van der Waals surface area contributed by atoms with Gasteiger partial charge in [-0.3, -0.25) is 14.7 Å². The normalized spacial score (nSPS) is 11.1. The third kappa shape index (κ3) is 3.28. The van der Waals surface area contributed by atoms with E-state index < -0.39 is 10.0 Å². The van der Waals surface area contributed by atoms with Crippen molar-refractivity contribution in [3.05, 3.63) is 48.0 Å². The van der Waals surface area contributed by atoms with Crippen LogP contribution in [-0.4, -0.2) is 23.4 Å². The first-order valence-electron chi connectivity index (χ1n) is 5.60. The summed E-state index contributed by atoms with van der Waals surface area (Å²) in [4.78, 5) is 8.06. The second-order valence-electron chi connectivity index (χ2n) is 4.04. The van der Waals surface area contributed by atoms with Crippen LogP contribution in [-0.2, 0) is 10.0 Å². The van der Waals surface area contributed by atoms with Crippen molar-refractivity contribution in [2.45, 2.75) is 11.8 Å². The Morgan fingerprint density at radius 2 is 1.95 bits per heavy atom. The largest absolute Gasteiger partial charge is 0.388 e. The second kappa shape index (κ2) is 5.51. The van der Waals surface area contributed by atoms with Gasteiger partial charge in [-0.05, 0) is 31.2 Å². The van der Waals surface area contributed by atoms with Crippen LogP contribution >= 0.6 is 12.2 Å². The smallest absolute Gasteiger partial charge is 0.263 e. The van der Waals surface area contributed by atoms with Crippen molar-refractivity contribution >= 4 is 32.9 Å². The van der Waals surface area contributed by atoms with Crippen LogP contribution in [0.2, 0.25) is 0 Å². The highest BCUT2D eigenvalue weighted by atomic mass is 32.2. The summed E-state index contributed by atoms with van der Waals surface area (Å²) in [5, 5.41) is 0. The molecule has 0 bridgehead atoms. The van der Waals surface area contributed by atoms with Crippen molar-refractivity contribution in [2.24, 2.45) is 5.73 Å². The summed E-state index contributed by atoms with van der Waals surface area (Å²) in [5.41, 5.74) is 6.96. The molecular weight excluding hydrogens is 296 g/mol. The van der Waals surface area contributed by atoms with E-state index in [1.807, 2.05) is 6.92 Å². The molecule has 20 heavy (non-hydrogen) atoms. The molecular formula is C12H12N4O2S2. The zero-order chi connectivity index (χ0) is 14.8. The van der Waals surface area contributed by atoms with Crippen LogP contribution in [0, 0.1) is 6.92 Å². The minimum Gasteiger partial charge on any atom is -0.388 e. The molecule has 0 radical (unpaired) electrons. The molecule has 0 aliphatic heterocycles. The number of hydrogen-bond acceptors (Lipinski definition) is 5. The lowest BCUT2D eigenvalue weighted by Gasteiger charge is -2.08. The van der Waals surface area contributed by atoms with Gasteiger partial charge in [0, 0.05) is 11.9 Å². The molecule has 6 nitrogen and oxygen atoms in total. The summed E-state index contributed by atoms with van der Waals surface area (Å²) in [5.74, 6) is 0. The first-order valence-corrected chi connectivity index (χ1v) is 7.49. The van der Waals surface area contributed by atoms with E-state index >= 15 is 0 Å². The number of sulfonamides is 1. The molecule has 0 fully saturated rings. The molecule has 0 saturated heterocycles. The third-order valence-corrected chi connectivity index (χ3v) is 4.04. The molecule has 0 atom stereocenters. The predicted molar refractivity (Wildman–Crippen MR) is 79.9 cm³/mol. The molecule has 104 valence electrons. The van der Waals surface area contributed by atoms with Crippen molar-refractivity contribution in [2.75, 3.05) is 4.72 Å². The molecule has 0 unspecified atom stereocenters. The number of hydrogen-bond donors (Lipinski definition) is 2. The number of aromatic nitrogens is 2. The molecule has 0 aliphatic rings. The number of thiocarbonyl (C=S) groups is 1. The summed E-state index contributed by atoms with van der Waals surface area (Å²) in [6.45, 7) is 1.82. The van der Waals surface area contributed by atoms with Crippen molar-refractivity contribution in [3.8, 4) is 0 Å². The molecule has 3 N–H and O–H groups in total. The predicted octanol–water partition coefficient (Wildman–Crippen LogP) is 1.22. The first-order chi connectivity index (χ1) is 9.38. The van der Waals surface area contributed by atoms with Gasteiger partial charge in [-0.1, -0.05) is 12.2 Å².